The van der Waals surface area contributed by atoms with E-state index >= 15 is 0 Å². The first-order valence-corrected chi connectivity index (χ1v) is 10.8. The molecule has 0 bridgehead atoms. The molecular weight excluding hydrogens is 483 g/mol. The maximum atomic E-state index is 13.5. The van der Waals surface area contributed by atoms with Crippen molar-refractivity contribution in [3.05, 3.63) is 59.5 Å². The van der Waals surface area contributed by atoms with Gasteiger partial charge in [0.1, 0.15) is 13.2 Å². The number of amides is 2. The molecule has 3 heterocycles. The van der Waals surface area contributed by atoms with E-state index in [-0.39, 0.29) is 16.8 Å². The van der Waals surface area contributed by atoms with Gasteiger partial charge in [0, 0.05) is 6.20 Å². The van der Waals surface area contributed by atoms with Crippen molar-refractivity contribution < 1.29 is 41.4 Å². The molecule has 190 valence electrons. The van der Waals surface area contributed by atoms with Crippen LogP contribution in [0.15, 0.2) is 47.0 Å². The number of hydrogen-bond donors (Lipinski definition) is 1. The van der Waals surface area contributed by atoms with Crippen LogP contribution in [-0.2, 0) is 20.5 Å². The van der Waals surface area contributed by atoms with Gasteiger partial charge in [-0.25, -0.2) is 4.98 Å². The number of carbonyl (C=O) groups is 3. The van der Waals surface area contributed by atoms with Gasteiger partial charge < -0.3 is 24.1 Å². The standard InChI is InChI=1S/C24H22F3N3O6/c1-13(14-7-5-4-6-8-14)29-22(33)23(2)12-35-19-18-16(9-15(10-28-18)24(25,26)27)36-20(19)21(32)30(23)11-17(31)34-3/h4-10,13H,11-12H2,1-3H3,(H,29,33)/t13-,23+/m0/s1. The Bertz CT molecular complexity index is 1320. The van der Waals surface area contributed by atoms with E-state index in [0.717, 1.165) is 17.6 Å². The van der Waals surface area contributed by atoms with Crippen molar-refractivity contribution in [2.24, 2.45) is 0 Å². The van der Waals surface area contributed by atoms with Crippen LogP contribution in [0.1, 0.15) is 41.6 Å². The smallest absolute Gasteiger partial charge is 0.418 e. The lowest BCUT2D eigenvalue weighted by Crippen LogP contribution is -2.62. The number of hydrogen-bond acceptors (Lipinski definition) is 7. The lowest BCUT2D eigenvalue weighted by Gasteiger charge is -2.37. The molecule has 1 aliphatic rings. The maximum absolute atomic E-state index is 13.5. The first kappa shape index (κ1) is 25.0. The molecule has 0 fully saturated rings. The van der Waals surface area contributed by atoms with Crippen molar-refractivity contribution in [1.82, 2.24) is 15.2 Å². The van der Waals surface area contributed by atoms with E-state index < -0.39 is 60.0 Å². The van der Waals surface area contributed by atoms with Gasteiger partial charge in [-0.15, -0.1) is 0 Å². The van der Waals surface area contributed by atoms with Gasteiger partial charge in [-0.3, -0.25) is 14.4 Å². The van der Waals surface area contributed by atoms with Gasteiger partial charge in [0.05, 0.1) is 18.7 Å². The zero-order valence-electron chi connectivity index (χ0n) is 19.5. The minimum atomic E-state index is -4.68. The molecule has 2 amide bonds. The number of rotatable bonds is 5. The Hall–Kier alpha value is -4.09. The molecule has 3 aromatic rings. The molecule has 36 heavy (non-hydrogen) atoms. The van der Waals surface area contributed by atoms with Crippen LogP contribution >= 0.6 is 0 Å². The second-order valence-corrected chi connectivity index (χ2v) is 8.46. The Kier molecular flexibility index (Phi) is 6.37. The summed E-state index contributed by atoms with van der Waals surface area (Å²) in [6, 6.07) is 9.32. The molecule has 9 nitrogen and oxygen atoms in total. The number of carbonyl (C=O) groups excluding carboxylic acids is 3. The second-order valence-electron chi connectivity index (χ2n) is 8.46. The number of aromatic nitrogens is 1. The van der Waals surface area contributed by atoms with E-state index in [2.05, 4.69) is 10.3 Å². The van der Waals surface area contributed by atoms with Gasteiger partial charge in [-0.2, -0.15) is 13.2 Å². The predicted molar refractivity (Wildman–Crippen MR) is 119 cm³/mol. The number of alkyl halides is 3. The van der Waals surface area contributed by atoms with Gasteiger partial charge >= 0.3 is 12.1 Å². The van der Waals surface area contributed by atoms with Gasteiger partial charge in [-0.05, 0) is 25.5 Å². The highest BCUT2D eigenvalue weighted by Gasteiger charge is 2.49. The van der Waals surface area contributed by atoms with E-state index in [4.69, 9.17) is 13.9 Å². The highest BCUT2D eigenvalue weighted by atomic mass is 19.4. The Labute approximate surface area is 203 Å². The van der Waals surface area contributed by atoms with E-state index in [1.807, 2.05) is 30.3 Å². The summed E-state index contributed by atoms with van der Waals surface area (Å²) in [6.45, 7) is 2.08. The van der Waals surface area contributed by atoms with Crippen LogP contribution in [0.25, 0.3) is 11.1 Å². The second kappa shape index (κ2) is 9.17. The Morgan fingerprint density at radius 2 is 1.97 bits per heavy atom. The number of nitrogens with zero attached hydrogens (tertiary/aromatic N) is 2. The number of pyridine rings is 1. The summed E-state index contributed by atoms with van der Waals surface area (Å²) in [5.41, 5.74) is -2.43. The van der Waals surface area contributed by atoms with E-state index in [9.17, 15) is 27.6 Å². The molecule has 1 aliphatic heterocycles. The van der Waals surface area contributed by atoms with Crippen molar-refractivity contribution in [2.45, 2.75) is 31.6 Å². The van der Waals surface area contributed by atoms with Crippen molar-refractivity contribution >= 4 is 28.9 Å². The van der Waals surface area contributed by atoms with Crippen LogP contribution in [0, 0.1) is 0 Å². The number of furan rings is 1. The normalized spacial score (nSPS) is 18.7. The van der Waals surface area contributed by atoms with Crippen LogP contribution in [0.3, 0.4) is 0 Å². The minimum Gasteiger partial charge on any atom is -0.484 e. The predicted octanol–water partition coefficient (Wildman–Crippen LogP) is 3.49. The van der Waals surface area contributed by atoms with E-state index in [1.54, 1.807) is 6.92 Å². The van der Waals surface area contributed by atoms with Crippen LogP contribution in [0.2, 0.25) is 0 Å². The molecule has 1 aromatic carbocycles. The van der Waals surface area contributed by atoms with E-state index in [0.29, 0.717) is 12.3 Å². The van der Waals surface area contributed by atoms with Gasteiger partial charge in [-0.1, -0.05) is 30.3 Å². The molecule has 0 unspecified atom stereocenters. The summed E-state index contributed by atoms with van der Waals surface area (Å²) in [6.07, 6.45) is -4.09. The molecule has 2 atom stereocenters. The molecule has 0 radical (unpaired) electrons. The van der Waals surface area contributed by atoms with Crippen LogP contribution in [-0.4, -0.2) is 53.5 Å². The lowest BCUT2D eigenvalue weighted by atomic mass is 9.97. The zero-order valence-corrected chi connectivity index (χ0v) is 19.5. The monoisotopic (exact) mass is 505 g/mol. The average Bonchev–Trinajstić information content (AvgIpc) is 3.18. The third-order valence-corrected chi connectivity index (χ3v) is 6.00. The first-order chi connectivity index (χ1) is 17.0. The third kappa shape index (κ3) is 4.45. The molecule has 12 heteroatoms. The number of benzene rings is 1. The number of nitrogens with one attached hydrogen (secondary N) is 1. The quantitative estimate of drug-likeness (QED) is 0.529. The van der Waals surface area contributed by atoms with Crippen molar-refractivity contribution in [2.75, 3.05) is 20.3 Å². The molecule has 2 aromatic heterocycles. The average molecular weight is 505 g/mol. The summed E-state index contributed by atoms with van der Waals surface area (Å²) < 4.78 is 55.2. The molecule has 1 N–H and O–H groups in total. The van der Waals surface area contributed by atoms with Gasteiger partial charge in [0.2, 0.25) is 11.7 Å². The molecule has 4 rings (SSSR count). The third-order valence-electron chi connectivity index (χ3n) is 6.00. The number of esters is 1. The largest absolute Gasteiger partial charge is 0.484 e. The lowest BCUT2D eigenvalue weighted by molar-refractivity contribution is -0.145. The highest BCUT2D eigenvalue weighted by molar-refractivity contribution is 6.05. The highest BCUT2D eigenvalue weighted by Crippen LogP contribution is 2.39. The number of fused-ring (bicyclic) bond motifs is 3. The summed E-state index contributed by atoms with van der Waals surface area (Å²) in [5, 5.41) is 2.82. The van der Waals surface area contributed by atoms with Crippen LogP contribution in [0.4, 0.5) is 13.2 Å². The fourth-order valence-electron chi connectivity index (χ4n) is 3.83. The van der Waals surface area contributed by atoms with Crippen LogP contribution < -0.4 is 10.1 Å². The number of ether oxygens (including phenoxy) is 2. The molecule has 0 saturated carbocycles. The van der Waals surface area contributed by atoms with Crippen LogP contribution in [0.5, 0.6) is 5.75 Å². The summed E-state index contributed by atoms with van der Waals surface area (Å²) in [7, 11) is 1.12. The molecule has 0 saturated heterocycles. The molecule has 0 aliphatic carbocycles. The summed E-state index contributed by atoms with van der Waals surface area (Å²) in [5.74, 6) is -3.09. The Balaban J connectivity index is 1.73. The van der Waals surface area contributed by atoms with E-state index in [1.165, 1.54) is 6.92 Å². The Morgan fingerprint density at radius 3 is 2.61 bits per heavy atom. The van der Waals surface area contributed by atoms with Crippen molar-refractivity contribution in [1.29, 1.82) is 0 Å². The number of halogens is 3. The first-order valence-electron chi connectivity index (χ1n) is 10.8. The fraction of sp³-hybridized carbons (Fsp3) is 0.333. The zero-order chi connectivity index (χ0) is 26.3. The van der Waals surface area contributed by atoms with Gasteiger partial charge in [0.25, 0.3) is 5.91 Å². The summed E-state index contributed by atoms with van der Waals surface area (Å²) >= 11 is 0. The fourth-order valence-corrected chi connectivity index (χ4v) is 3.83. The molecule has 0 spiro atoms. The SMILES string of the molecule is COC(=O)CN1C(=O)c2oc3cc(C(F)(F)F)cnc3c2OC[C@]1(C)C(=O)N[C@@H](C)c1ccccc1. The summed E-state index contributed by atoms with van der Waals surface area (Å²) in [4.78, 5) is 43.9. The van der Waals surface area contributed by atoms with Crippen molar-refractivity contribution in [3.8, 4) is 5.75 Å². The van der Waals surface area contributed by atoms with Gasteiger partial charge in [0.15, 0.2) is 22.4 Å². The topological polar surface area (TPSA) is 111 Å². The number of methoxy groups -OCH3 is 1. The van der Waals surface area contributed by atoms with Crippen molar-refractivity contribution in [3.63, 3.8) is 0 Å². The maximum Gasteiger partial charge on any atom is 0.418 e. The Morgan fingerprint density at radius 1 is 1.28 bits per heavy atom. The molecular formula is C24H22F3N3O6. The minimum absolute atomic E-state index is 0.119.